The van der Waals surface area contributed by atoms with Crippen molar-refractivity contribution >= 4 is 23.1 Å². The lowest BCUT2D eigenvalue weighted by molar-refractivity contribution is -0.133. The van der Waals surface area contributed by atoms with E-state index >= 15 is 0 Å². The monoisotopic (exact) mass is 252 g/mol. The average Bonchev–Trinajstić information content (AvgIpc) is 2.45. The molecule has 2 amide bonds. The van der Waals surface area contributed by atoms with Crippen LogP contribution in [-0.4, -0.2) is 6.03 Å². The molecular weight excluding hydrogens is 241 g/mol. The smallest absolute Gasteiger partial charge is 0.351 e. The number of hydrogen-bond donors (Lipinski definition) is 2. The molecule has 1 aromatic heterocycles. The van der Waals surface area contributed by atoms with Crippen LogP contribution in [0.25, 0.3) is 0 Å². The largest absolute Gasteiger partial charge is 0.427 e. The molecule has 1 rings (SSSR count). The quantitative estimate of drug-likeness (QED) is 0.832. The third kappa shape index (κ3) is 2.88. The van der Waals surface area contributed by atoms with Gasteiger partial charge in [0.25, 0.3) is 0 Å². The molecule has 1 heterocycles. The average molecular weight is 252 g/mol. The van der Waals surface area contributed by atoms with Crippen LogP contribution in [-0.2, 0) is 6.18 Å². The summed E-state index contributed by atoms with van der Waals surface area (Å²) in [7, 11) is 0. The van der Waals surface area contributed by atoms with Gasteiger partial charge in [-0.3, -0.25) is 0 Å². The Hall–Kier alpha value is -1.24. The fourth-order valence-electron chi connectivity index (χ4n) is 1.13. The van der Waals surface area contributed by atoms with E-state index in [2.05, 4.69) is 0 Å². The van der Waals surface area contributed by atoms with Crippen LogP contribution >= 0.6 is 11.3 Å². The van der Waals surface area contributed by atoms with E-state index in [1.54, 1.807) is 13.8 Å². The lowest BCUT2D eigenvalue weighted by Gasteiger charge is -2.06. The van der Waals surface area contributed by atoms with E-state index in [1.807, 2.05) is 5.32 Å². The molecule has 0 aliphatic carbocycles. The summed E-state index contributed by atoms with van der Waals surface area (Å²) in [5.41, 5.74) is 4.54. The molecule has 0 radical (unpaired) electrons. The third-order valence-electron chi connectivity index (χ3n) is 1.84. The van der Waals surface area contributed by atoms with E-state index in [9.17, 15) is 18.0 Å². The van der Waals surface area contributed by atoms with Crippen molar-refractivity contribution in [1.29, 1.82) is 0 Å². The van der Waals surface area contributed by atoms with Gasteiger partial charge in [-0.15, -0.1) is 11.3 Å². The molecule has 90 valence electrons. The maximum Gasteiger partial charge on any atom is 0.427 e. The maximum atomic E-state index is 12.6. The van der Waals surface area contributed by atoms with Crippen molar-refractivity contribution in [2.45, 2.75) is 25.9 Å². The predicted octanol–water partition coefficient (Wildman–Crippen LogP) is 3.38. The van der Waals surface area contributed by atoms with Crippen LogP contribution in [0.1, 0.15) is 29.5 Å². The Morgan fingerprint density at radius 2 is 2.06 bits per heavy atom. The van der Waals surface area contributed by atoms with Crippen LogP contribution in [0.4, 0.5) is 23.7 Å². The number of anilines is 1. The summed E-state index contributed by atoms with van der Waals surface area (Å²) in [5, 5.41) is 1.98. The highest BCUT2D eigenvalue weighted by molar-refractivity contribution is 7.12. The van der Waals surface area contributed by atoms with Gasteiger partial charge in [-0.2, -0.15) is 13.2 Å². The summed E-state index contributed by atoms with van der Waals surface area (Å²) in [6.07, 6.45) is -4.48. The fraction of sp³-hybridized carbons (Fsp3) is 0.444. The number of primary amides is 1. The summed E-state index contributed by atoms with van der Waals surface area (Å²) >= 11 is 0.621. The number of alkyl halides is 3. The van der Waals surface area contributed by atoms with Crippen LogP contribution < -0.4 is 11.1 Å². The molecule has 0 aliphatic heterocycles. The van der Waals surface area contributed by atoms with Gasteiger partial charge in [-0.1, -0.05) is 13.8 Å². The number of urea groups is 1. The number of nitrogens with two attached hydrogens (primary N) is 1. The van der Waals surface area contributed by atoms with Gasteiger partial charge in [0.05, 0.1) is 5.69 Å². The molecule has 3 N–H and O–H groups in total. The molecule has 0 atom stereocenters. The second kappa shape index (κ2) is 4.32. The van der Waals surface area contributed by atoms with Crippen molar-refractivity contribution in [3.8, 4) is 0 Å². The lowest BCUT2D eigenvalue weighted by atomic mass is 10.2. The van der Waals surface area contributed by atoms with Gasteiger partial charge in [-0.25, -0.2) is 4.79 Å². The number of carbonyl (C=O) groups is 1. The number of halogens is 3. The Labute approximate surface area is 94.4 Å². The third-order valence-corrected chi connectivity index (χ3v) is 3.32. The molecule has 0 bridgehead atoms. The van der Waals surface area contributed by atoms with Crippen LogP contribution in [0, 0.1) is 0 Å². The van der Waals surface area contributed by atoms with Crippen molar-refractivity contribution in [1.82, 2.24) is 0 Å². The van der Waals surface area contributed by atoms with Crippen molar-refractivity contribution in [2.24, 2.45) is 5.73 Å². The van der Waals surface area contributed by atoms with E-state index in [0.717, 1.165) is 0 Å². The zero-order valence-corrected chi connectivity index (χ0v) is 9.50. The van der Waals surface area contributed by atoms with E-state index < -0.39 is 17.1 Å². The van der Waals surface area contributed by atoms with Crippen molar-refractivity contribution in [3.05, 3.63) is 15.8 Å². The minimum atomic E-state index is -4.48. The van der Waals surface area contributed by atoms with E-state index in [0.29, 0.717) is 16.2 Å². The first-order valence-electron chi connectivity index (χ1n) is 4.49. The van der Waals surface area contributed by atoms with Crippen molar-refractivity contribution < 1.29 is 18.0 Å². The standard InChI is InChI=1S/C9H11F3N2OS/c1-4(2)6-3-5(14-8(13)15)7(16-6)9(10,11)12/h3-4H,1-2H3,(H3,13,14,15). The van der Waals surface area contributed by atoms with E-state index in [1.165, 1.54) is 6.07 Å². The van der Waals surface area contributed by atoms with Gasteiger partial charge < -0.3 is 11.1 Å². The lowest BCUT2D eigenvalue weighted by Crippen LogP contribution is -2.20. The molecule has 0 spiro atoms. The Kier molecular flexibility index (Phi) is 3.47. The fourth-order valence-corrected chi connectivity index (χ4v) is 2.11. The first-order valence-corrected chi connectivity index (χ1v) is 5.31. The Morgan fingerprint density at radius 1 is 1.50 bits per heavy atom. The van der Waals surface area contributed by atoms with Crippen LogP contribution in [0.5, 0.6) is 0 Å². The number of hydrogen-bond acceptors (Lipinski definition) is 2. The highest BCUT2D eigenvalue weighted by Crippen LogP contribution is 2.42. The molecule has 16 heavy (non-hydrogen) atoms. The summed E-state index contributed by atoms with van der Waals surface area (Å²) in [6, 6.07) is 0.307. The minimum absolute atomic E-state index is 0.0328. The van der Waals surface area contributed by atoms with Gasteiger partial charge in [0.15, 0.2) is 0 Å². The zero-order valence-electron chi connectivity index (χ0n) is 8.68. The maximum absolute atomic E-state index is 12.6. The topological polar surface area (TPSA) is 55.1 Å². The zero-order chi connectivity index (χ0) is 12.5. The van der Waals surface area contributed by atoms with Crippen LogP contribution in [0.3, 0.4) is 0 Å². The number of thiophene rings is 1. The highest BCUT2D eigenvalue weighted by atomic mass is 32.1. The van der Waals surface area contributed by atoms with Crippen LogP contribution in [0.2, 0.25) is 0 Å². The normalized spacial score (nSPS) is 11.9. The first kappa shape index (κ1) is 12.8. The Morgan fingerprint density at radius 3 is 2.44 bits per heavy atom. The Bertz CT molecular complexity index is 398. The molecule has 7 heteroatoms. The van der Waals surface area contributed by atoms with E-state index in [4.69, 9.17) is 5.73 Å². The molecule has 0 aliphatic rings. The van der Waals surface area contributed by atoms with Gasteiger partial charge in [0, 0.05) is 4.88 Å². The molecular formula is C9H11F3N2OS. The molecule has 1 aromatic rings. The number of rotatable bonds is 2. The first-order chi connectivity index (χ1) is 7.21. The van der Waals surface area contributed by atoms with Gasteiger partial charge >= 0.3 is 12.2 Å². The second-order valence-corrected chi connectivity index (χ2v) is 4.62. The second-order valence-electron chi connectivity index (χ2n) is 3.53. The molecule has 0 unspecified atom stereocenters. The minimum Gasteiger partial charge on any atom is -0.351 e. The summed E-state index contributed by atoms with van der Waals surface area (Å²) in [4.78, 5) is 10.3. The van der Waals surface area contributed by atoms with E-state index in [-0.39, 0.29) is 11.6 Å². The molecule has 0 fully saturated rings. The molecule has 0 saturated heterocycles. The van der Waals surface area contributed by atoms with Crippen molar-refractivity contribution in [2.75, 3.05) is 5.32 Å². The van der Waals surface area contributed by atoms with Gasteiger partial charge in [-0.05, 0) is 12.0 Å². The Balaban J connectivity index is 3.18. The molecule has 3 nitrogen and oxygen atoms in total. The predicted molar refractivity (Wildman–Crippen MR) is 56.6 cm³/mol. The van der Waals surface area contributed by atoms with Gasteiger partial charge in [0.1, 0.15) is 4.88 Å². The summed E-state index contributed by atoms with van der Waals surface area (Å²) < 4.78 is 37.8. The summed E-state index contributed by atoms with van der Waals surface area (Å²) in [6.45, 7) is 3.56. The van der Waals surface area contributed by atoms with Crippen molar-refractivity contribution in [3.63, 3.8) is 0 Å². The van der Waals surface area contributed by atoms with Crippen LogP contribution in [0.15, 0.2) is 6.07 Å². The number of nitrogens with one attached hydrogen (secondary N) is 1. The summed E-state index contributed by atoms with van der Waals surface area (Å²) in [5.74, 6) is -0.0328. The highest BCUT2D eigenvalue weighted by Gasteiger charge is 2.36. The van der Waals surface area contributed by atoms with Gasteiger partial charge in [0.2, 0.25) is 0 Å². The number of amides is 2. The molecule has 0 saturated carbocycles. The molecule has 0 aromatic carbocycles. The SMILES string of the molecule is CC(C)c1cc(NC(N)=O)c(C(F)(F)F)s1. The number of carbonyl (C=O) groups excluding carboxylic acids is 1.